The molecule has 0 radical (unpaired) electrons. The van der Waals surface area contributed by atoms with Crippen LogP contribution in [-0.4, -0.2) is 32.4 Å². The molecule has 0 aliphatic rings. The monoisotopic (exact) mass is 267 g/mol. The second kappa shape index (κ2) is 6.65. The molecule has 0 spiro atoms. The van der Waals surface area contributed by atoms with Crippen LogP contribution in [0.2, 0.25) is 0 Å². The number of carboxylic acid groups (broad SMARTS) is 1. The van der Waals surface area contributed by atoms with Crippen LogP contribution >= 0.6 is 0 Å². The van der Waals surface area contributed by atoms with E-state index < -0.39 is 12.0 Å². The molecule has 19 heavy (non-hydrogen) atoms. The Labute approximate surface area is 111 Å². The molecule has 0 aliphatic carbocycles. The summed E-state index contributed by atoms with van der Waals surface area (Å²) in [5.41, 5.74) is 6.50. The first-order valence-electron chi connectivity index (χ1n) is 5.50. The van der Waals surface area contributed by atoms with Gasteiger partial charge in [-0.25, -0.2) is 4.79 Å². The van der Waals surface area contributed by atoms with Gasteiger partial charge in [0.15, 0.2) is 0 Å². The minimum absolute atomic E-state index is 0.471. The molecule has 0 heterocycles. The van der Waals surface area contributed by atoms with Crippen molar-refractivity contribution in [3.63, 3.8) is 0 Å². The summed E-state index contributed by atoms with van der Waals surface area (Å²) in [6, 6.07) is 2.66. The van der Waals surface area contributed by atoms with Crippen LogP contribution in [0.4, 0.5) is 0 Å². The highest BCUT2D eigenvalue weighted by molar-refractivity contribution is 5.80. The van der Waals surface area contributed by atoms with Crippen LogP contribution in [0.5, 0.6) is 17.2 Å². The number of carbonyl (C=O) groups is 1. The average Bonchev–Trinajstić information content (AvgIpc) is 2.42. The molecule has 0 fully saturated rings. The van der Waals surface area contributed by atoms with Crippen LogP contribution in [-0.2, 0) is 4.79 Å². The average molecular weight is 267 g/mol. The van der Waals surface area contributed by atoms with E-state index >= 15 is 0 Å². The van der Waals surface area contributed by atoms with E-state index in [1.807, 2.05) is 0 Å². The largest absolute Gasteiger partial charge is 0.496 e. The van der Waals surface area contributed by atoms with Gasteiger partial charge < -0.3 is 25.1 Å². The van der Waals surface area contributed by atoms with Crippen molar-refractivity contribution in [2.24, 2.45) is 5.73 Å². The second-order valence-electron chi connectivity index (χ2n) is 3.67. The van der Waals surface area contributed by atoms with Gasteiger partial charge in [-0.1, -0.05) is 6.08 Å². The molecule has 3 N–H and O–H groups in total. The lowest BCUT2D eigenvalue weighted by molar-refractivity contribution is -0.131. The van der Waals surface area contributed by atoms with E-state index in [9.17, 15) is 4.79 Å². The van der Waals surface area contributed by atoms with Gasteiger partial charge in [-0.3, -0.25) is 0 Å². The van der Waals surface area contributed by atoms with E-state index in [0.29, 0.717) is 22.8 Å². The summed E-state index contributed by atoms with van der Waals surface area (Å²) in [7, 11) is 4.51. The molecule has 1 rings (SSSR count). The smallest absolute Gasteiger partial charge is 0.328 e. The molecule has 0 bridgehead atoms. The number of benzene rings is 1. The lowest BCUT2D eigenvalue weighted by atomic mass is 10.0. The summed E-state index contributed by atoms with van der Waals surface area (Å²) < 4.78 is 15.6. The first kappa shape index (κ1) is 14.8. The summed E-state index contributed by atoms with van der Waals surface area (Å²) in [5, 5.41) is 8.62. The number of ether oxygens (including phenoxy) is 3. The van der Waals surface area contributed by atoms with Crippen LogP contribution < -0.4 is 19.9 Å². The summed E-state index contributed by atoms with van der Waals surface area (Å²) in [6.07, 6.45) is 2.34. The van der Waals surface area contributed by atoms with Crippen molar-refractivity contribution in [1.82, 2.24) is 0 Å². The highest BCUT2D eigenvalue weighted by atomic mass is 16.5. The summed E-state index contributed by atoms with van der Waals surface area (Å²) >= 11 is 0. The number of nitrogens with two attached hydrogens (primary N) is 1. The van der Waals surface area contributed by atoms with Crippen molar-refractivity contribution >= 4 is 5.97 Å². The van der Waals surface area contributed by atoms with Crippen molar-refractivity contribution in [2.75, 3.05) is 21.3 Å². The standard InChI is InChI=1S/C13H17NO5/c1-17-8-6-10(18-2)13(11(7-8)19-3)9(14)4-5-12(15)16/h4-7,9H,14H2,1-3H3,(H,15,16)/b5-4+. The zero-order chi connectivity index (χ0) is 14.4. The van der Waals surface area contributed by atoms with E-state index in [1.165, 1.54) is 27.4 Å². The van der Waals surface area contributed by atoms with Crippen LogP contribution in [0.25, 0.3) is 0 Å². The highest BCUT2D eigenvalue weighted by Gasteiger charge is 2.18. The predicted molar refractivity (Wildman–Crippen MR) is 69.8 cm³/mol. The Hall–Kier alpha value is -2.21. The van der Waals surface area contributed by atoms with Crippen molar-refractivity contribution < 1.29 is 24.1 Å². The number of hydrogen-bond acceptors (Lipinski definition) is 5. The van der Waals surface area contributed by atoms with Gasteiger partial charge >= 0.3 is 5.97 Å². The molecular formula is C13H17NO5. The molecule has 1 aromatic rings. The molecule has 1 atom stereocenters. The Balaban J connectivity index is 3.27. The summed E-state index contributed by atoms with van der Waals surface area (Å²) in [6.45, 7) is 0. The van der Waals surface area contributed by atoms with E-state index in [1.54, 1.807) is 12.1 Å². The Bertz CT molecular complexity index is 459. The highest BCUT2D eigenvalue weighted by Crippen LogP contribution is 2.37. The van der Waals surface area contributed by atoms with Gasteiger partial charge in [0.05, 0.1) is 32.9 Å². The van der Waals surface area contributed by atoms with Gasteiger partial charge in [0.25, 0.3) is 0 Å². The van der Waals surface area contributed by atoms with Crippen molar-refractivity contribution in [3.05, 3.63) is 29.8 Å². The lowest BCUT2D eigenvalue weighted by Gasteiger charge is -2.17. The predicted octanol–water partition coefficient (Wildman–Crippen LogP) is 1.35. The van der Waals surface area contributed by atoms with Gasteiger partial charge in [-0.2, -0.15) is 0 Å². The van der Waals surface area contributed by atoms with Crippen molar-refractivity contribution in [1.29, 1.82) is 0 Å². The second-order valence-corrected chi connectivity index (χ2v) is 3.67. The van der Waals surface area contributed by atoms with Crippen LogP contribution in [0, 0.1) is 0 Å². The Morgan fingerprint density at radius 3 is 2.11 bits per heavy atom. The third-order valence-electron chi connectivity index (χ3n) is 2.53. The van der Waals surface area contributed by atoms with Gasteiger partial charge in [0.2, 0.25) is 0 Å². The fourth-order valence-electron chi connectivity index (χ4n) is 1.64. The summed E-state index contributed by atoms with van der Waals surface area (Å²) in [4.78, 5) is 10.5. The first-order chi connectivity index (χ1) is 9.03. The third-order valence-corrected chi connectivity index (χ3v) is 2.53. The number of methoxy groups -OCH3 is 3. The van der Waals surface area contributed by atoms with Crippen LogP contribution in [0.3, 0.4) is 0 Å². The topological polar surface area (TPSA) is 91.0 Å². The molecule has 0 aliphatic heterocycles. The SMILES string of the molecule is COc1cc(OC)c(C(N)/C=C/C(=O)O)c(OC)c1. The van der Waals surface area contributed by atoms with E-state index in [2.05, 4.69) is 0 Å². The molecule has 0 aromatic heterocycles. The van der Waals surface area contributed by atoms with E-state index in [0.717, 1.165) is 6.08 Å². The van der Waals surface area contributed by atoms with Crippen LogP contribution in [0.15, 0.2) is 24.3 Å². The van der Waals surface area contributed by atoms with Gasteiger partial charge in [-0.05, 0) is 0 Å². The van der Waals surface area contributed by atoms with Crippen LogP contribution in [0.1, 0.15) is 11.6 Å². The maximum atomic E-state index is 10.5. The van der Waals surface area contributed by atoms with Gasteiger partial charge in [0.1, 0.15) is 17.2 Å². The molecule has 0 saturated heterocycles. The van der Waals surface area contributed by atoms with E-state index in [-0.39, 0.29) is 0 Å². The zero-order valence-corrected chi connectivity index (χ0v) is 11.0. The quantitative estimate of drug-likeness (QED) is 0.756. The molecule has 0 saturated carbocycles. The Kier molecular flexibility index (Phi) is 5.20. The van der Waals surface area contributed by atoms with Crippen molar-refractivity contribution in [2.45, 2.75) is 6.04 Å². The van der Waals surface area contributed by atoms with Gasteiger partial charge in [0, 0.05) is 18.2 Å². The van der Waals surface area contributed by atoms with Crippen molar-refractivity contribution in [3.8, 4) is 17.2 Å². The summed E-state index contributed by atoms with van der Waals surface area (Å²) in [5.74, 6) is 0.436. The molecule has 6 nitrogen and oxygen atoms in total. The molecule has 1 aromatic carbocycles. The Morgan fingerprint density at radius 2 is 1.74 bits per heavy atom. The minimum atomic E-state index is -1.07. The molecule has 104 valence electrons. The number of hydrogen-bond donors (Lipinski definition) is 2. The molecule has 6 heteroatoms. The zero-order valence-electron chi connectivity index (χ0n) is 11.0. The third kappa shape index (κ3) is 3.62. The first-order valence-corrected chi connectivity index (χ1v) is 5.50. The van der Waals surface area contributed by atoms with E-state index in [4.69, 9.17) is 25.1 Å². The lowest BCUT2D eigenvalue weighted by Crippen LogP contribution is -2.11. The maximum Gasteiger partial charge on any atom is 0.328 e. The normalized spacial score (nSPS) is 12.2. The maximum absolute atomic E-state index is 10.5. The number of aliphatic carboxylic acids is 1. The molecule has 1 unspecified atom stereocenters. The Morgan fingerprint density at radius 1 is 1.21 bits per heavy atom. The fraction of sp³-hybridized carbons (Fsp3) is 0.308. The number of rotatable bonds is 6. The van der Waals surface area contributed by atoms with Gasteiger partial charge in [-0.15, -0.1) is 0 Å². The number of carboxylic acids is 1. The molecule has 0 amide bonds. The molecular weight excluding hydrogens is 250 g/mol. The fourth-order valence-corrected chi connectivity index (χ4v) is 1.64. The minimum Gasteiger partial charge on any atom is -0.496 e.